The van der Waals surface area contributed by atoms with Gasteiger partial charge in [-0.2, -0.15) is 0 Å². The Hall–Kier alpha value is -1.87. The van der Waals surface area contributed by atoms with Crippen LogP contribution in [-0.4, -0.2) is 11.1 Å². The number of benzene rings is 2. The Bertz CT molecular complexity index is 661. The van der Waals surface area contributed by atoms with Gasteiger partial charge in [0, 0.05) is 16.3 Å². The number of hydrogen-bond donors (Lipinski definition) is 0. The van der Waals surface area contributed by atoms with Crippen molar-refractivity contribution in [3.05, 3.63) is 60.7 Å². The molecule has 0 spiro atoms. The lowest BCUT2D eigenvalue weighted by Gasteiger charge is -2.08. The summed E-state index contributed by atoms with van der Waals surface area (Å²) in [5.74, 6) is 0.866. The maximum atomic E-state index is 5.44. The number of rotatable bonds is 3. The lowest BCUT2D eigenvalue weighted by atomic mass is 10.3. The highest BCUT2D eigenvalue weighted by Gasteiger charge is 2.09. The number of ether oxygens (including phenoxy) is 1. The summed E-state index contributed by atoms with van der Waals surface area (Å²) < 4.78 is 7.56. The molecule has 0 unspecified atom stereocenters. The lowest BCUT2D eigenvalue weighted by molar-refractivity contribution is 0.397. The Labute approximate surface area is 110 Å². The van der Waals surface area contributed by atoms with Crippen molar-refractivity contribution in [2.24, 2.45) is 0 Å². The Kier molecular flexibility index (Phi) is 2.99. The number of para-hydroxylation sites is 1. The summed E-state index contributed by atoms with van der Waals surface area (Å²) >= 11 is 1.67. The molecule has 0 bridgehead atoms. The molecule has 3 heteroatoms. The predicted octanol–water partition coefficient (Wildman–Crippen LogP) is 4.21. The van der Waals surface area contributed by atoms with Crippen molar-refractivity contribution < 1.29 is 4.74 Å². The molecule has 3 aromatic rings. The highest BCUT2D eigenvalue weighted by molar-refractivity contribution is 7.98. The zero-order valence-electron chi connectivity index (χ0n) is 10.0. The van der Waals surface area contributed by atoms with Crippen LogP contribution in [0.1, 0.15) is 0 Å². The van der Waals surface area contributed by atoms with Crippen LogP contribution in [-0.2, 0) is 0 Å². The molecule has 0 saturated heterocycles. The fourth-order valence-electron chi connectivity index (χ4n) is 1.93. The second kappa shape index (κ2) is 4.78. The van der Waals surface area contributed by atoms with Crippen molar-refractivity contribution in [2.75, 3.05) is 7.11 Å². The van der Waals surface area contributed by atoms with Crippen LogP contribution in [0.25, 0.3) is 10.9 Å². The average Bonchev–Trinajstić information content (AvgIpc) is 2.78. The van der Waals surface area contributed by atoms with Crippen LogP contribution in [0, 0.1) is 0 Å². The number of fused-ring (bicyclic) bond motifs is 1. The third kappa shape index (κ3) is 1.97. The van der Waals surface area contributed by atoms with Gasteiger partial charge < -0.3 is 4.74 Å². The van der Waals surface area contributed by atoms with E-state index in [1.165, 1.54) is 15.8 Å². The van der Waals surface area contributed by atoms with Crippen molar-refractivity contribution in [3.8, 4) is 5.88 Å². The zero-order valence-corrected chi connectivity index (χ0v) is 10.9. The fraction of sp³-hybridized carbons (Fsp3) is 0.0667. The summed E-state index contributed by atoms with van der Waals surface area (Å²) in [7, 11) is 1.70. The van der Waals surface area contributed by atoms with Crippen molar-refractivity contribution >= 4 is 22.9 Å². The van der Waals surface area contributed by atoms with E-state index in [1.54, 1.807) is 19.1 Å². The van der Waals surface area contributed by atoms with E-state index in [0.717, 1.165) is 5.88 Å². The largest absolute Gasteiger partial charge is 0.482 e. The molecule has 0 aliphatic heterocycles. The average molecular weight is 255 g/mol. The third-order valence-corrected chi connectivity index (χ3v) is 3.83. The van der Waals surface area contributed by atoms with Crippen molar-refractivity contribution in [3.63, 3.8) is 0 Å². The van der Waals surface area contributed by atoms with Crippen molar-refractivity contribution in [1.82, 2.24) is 3.97 Å². The van der Waals surface area contributed by atoms with Crippen LogP contribution in [0.15, 0.2) is 65.6 Å². The Morgan fingerprint density at radius 3 is 2.44 bits per heavy atom. The molecule has 90 valence electrons. The molecule has 0 saturated carbocycles. The van der Waals surface area contributed by atoms with E-state index in [2.05, 4.69) is 34.3 Å². The SMILES string of the molecule is COc1cc2ccccc2n1Sc1ccccc1. The van der Waals surface area contributed by atoms with Gasteiger partial charge in [0.1, 0.15) is 0 Å². The standard InChI is InChI=1S/C15H13NOS/c1-17-15-11-12-7-5-6-10-14(12)16(15)18-13-8-3-2-4-9-13/h2-11H,1H3. The maximum Gasteiger partial charge on any atom is 0.204 e. The molecule has 0 amide bonds. The summed E-state index contributed by atoms with van der Waals surface area (Å²) in [5.41, 5.74) is 1.17. The molecule has 1 heterocycles. The van der Waals surface area contributed by atoms with Gasteiger partial charge in [-0.1, -0.05) is 36.4 Å². The summed E-state index contributed by atoms with van der Waals surface area (Å²) in [6.45, 7) is 0. The molecule has 0 N–H and O–H groups in total. The number of aromatic nitrogens is 1. The maximum absolute atomic E-state index is 5.44. The second-order valence-corrected chi connectivity index (χ2v) is 4.96. The molecular formula is C15H13NOS. The smallest absolute Gasteiger partial charge is 0.204 e. The van der Waals surface area contributed by atoms with E-state index >= 15 is 0 Å². The van der Waals surface area contributed by atoms with Gasteiger partial charge in [-0.3, -0.25) is 0 Å². The van der Waals surface area contributed by atoms with E-state index in [1.807, 2.05) is 30.3 Å². The van der Waals surface area contributed by atoms with Gasteiger partial charge in [-0.05, 0) is 30.1 Å². The van der Waals surface area contributed by atoms with Gasteiger partial charge in [0.2, 0.25) is 5.88 Å². The molecule has 1 aromatic heterocycles. The van der Waals surface area contributed by atoms with Crippen LogP contribution in [0.4, 0.5) is 0 Å². The normalized spacial score (nSPS) is 10.7. The molecular weight excluding hydrogens is 242 g/mol. The van der Waals surface area contributed by atoms with E-state index in [0.29, 0.717) is 0 Å². The summed E-state index contributed by atoms with van der Waals surface area (Å²) in [5, 5.41) is 1.19. The Morgan fingerprint density at radius 1 is 0.944 bits per heavy atom. The lowest BCUT2D eigenvalue weighted by Crippen LogP contribution is -1.91. The van der Waals surface area contributed by atoms with Gasteiger partial charge in [-0.25, -0.2) is 3.97 Å². The molecule has 0 aliphatic carbocycles. The van der Waals surface area contributed by atoms with Crippen LogP contribution in [0.3, 0.4) is 0 Å². The van der Waals surface area contributed by atoms with Gasteiger partial charge in [0.05, 0.1) is 12.6 Å². The Morgan fingerprint density at radius 2 is 1.67 bits per heavy atom. The molecule has 0 atom stereocenters. The second-order valence-electron chi connectivity index (χ2n) is 3.94. The molecule has 2 nitrogen and oxygen atoms in total. The van der Waals surface area contributed by atoms with Crippen LogP contribution in [0.2, 0.25) is 0 Å². The quantitative estimate of drug-likeness (QED) is 0.696. The number of methoxy groups -OCH3 is 1. The van der Waals surface area contributed by atoms with Crippen LogP contribution < -0.4 is 4.74 Å². The van der Waals surface area contributed by atoms with E-state index < -0.39 is 0 Å². The molecule has 2 aromatic carbocycles. The minimum atomic E-state index is 0.866. The predicted molar refractivity (Wildman–Crippen MR) is 76.2 cm³/mol. The molecule has 0 fully saturated rings. The summed E-state index contributed by atoms with van der Waals surface area (Å²) in [4.78, 5) is 1.19. The van der Waals surface area contributed by atoms with Gasteiger partial charge in [-0.15, -0.1) is 0 Å². The first-order valence-corrected chi connectivity index (χ1v) is 6.54. The number of hydrogen-bond acceptors (Lipinski definition) is 2. The van der Waals surface area contributed by atoms with Gasteiger partial charge in [0.15, 0.2) is 0 Å². The first-order chi connectivity index (χ1) is 8.88. The highest BCUT2D eigenvalue weighted by atomic mass is 32.2. The minimum Gasteiger partial charge on any atom is -0.482 e. The van der Waals surface area contributed by atoms with E-state index in [9.17, 15) is 0 Å². The summed E-state index contributed by atoms with van der Waals surface area (Å²) in [6, 6.07) is 20.6. The van der Waals surface area contributed by atoms with Crippen LogP contribution >= 0.6 is 11.9 Å². The number of nitrogens with zero attached hydrogens (tertiary/aromatic N) is 1. The summed E-state index contributed by atoms with van der Waals surface area (Å²) in [6.07, 6.45) is 0. The Balaban J connectivity index is 2.10. The highest BCUT2D eigenvalue weighted by Crippen LogP contribution is 2.33. The van der Waals surface area contributed by atoms with Crippen molar-refractivity contribution in [1.29, 1.82) is 0 Å². The van der Waals surface area contributed by atoms with E-state index in [4.69, 9.17) is 4.74 Å². The fourth-order valence-corrected chi connectivity index (χ4v) is 2.90. The molecule has 0 radical (unpaired) electrons. The minimum absolute atomic E-state index is 0.866. The first kappa shape index (κ1) is 11.2. The molecule has 3 rings (SSSR count). The van der Waals surface area contributed by atoms with E-state index in [-0.39, 0.29) is 0 Å². The zero-order chi connectivity index (χ0) is 12.4. The topological polar surface area (TPSA) is 14.2 Å². The van der Waals surface area contributed by atoms with Crippen molar-refractivity contribution in [2.45, 2.75) is 4.90 Å². The monoisotopic (exact) mass is 255 g/mol. The van der Waals surface area contributed by atoms with Crippen LogP contribution in [0.5, 0.6) is 5.88 Å². The molecule has 0 aliphatic rings. The third-order valence-electron chi connectivity index (χ3n) is 2.78. The first-order valence-electron chi connectivity index (χ1n) is 5.76. The molecule has 18 heavy (non-hydrogen) atoms. The van der Waals surface area contributed by atoms with Gasteiger partial charge in [0.25, 0.3) is 0 Å². The van der Waals surface area contributed by atoms with Gasteiger partial charge >= 0.3 is 0 Å².